The van der Waals surface area contributed by atoms with Crippen LogP contribution in [0.3, 0.4) is 0 Å². The van der Waals surface area contributed by atoms with E-state index in [0.717, 1.165) is 40.6 Å². The highest BCUT2D eigenvalue weighted by Gasteiger charge is 2.24. The highest BCUT2D eigenvalue weighted by molar-refractivity contribution is 5.83. The third-order valence-electron chi connectivity index (χ3n) is 6.39. The molecule has 2 heterocycles. The van der Waals surface area contributed by atoms with Crippen molar-refractivity contribution in [2.24, 2.45) is 13.0 Å². The molecule has 1 atom stereocenters. The zero-order chi connectivity index (χ0) is 22.9. The summed E-state index contributed by atoms with van der Waals surface area (Å²) in [5, 5.41) is 4.15. The van der Waals surface area contributed by atoms with Crippen molar-refractivity contribution in [2.45, 2.75) is 32.6 Å². The third-order valence-corrected chi connectivity index (χ3v) is 6.39. The SMILES string of the molecule is Cc1c(-c2cnc(CC(=O)C3CCc4ccccc4C3)cn2)cccc1-c1nn(C)c(=O)o1. The average Bonchev–Trinajstić information content (AvgIpc) is 3.17. The molecule has 0 radical (unpaired) electrons. The zero-order valence-corrected chi connectivity index (χ0v) is 18.6. The Hall–Kier alpha value is -3.87. The lowest BCUT2D eigenvalue weighted by Gasteiger charge is -2.23. The Morgan fingerprint density at radius 3 is 2.58 bits per heavy atom. The monoisotopic (exact) mass is 440 g/mol. The van der Waals surface area contributed by atoms with Gasteiger partial charge in [0.05, 0.1) is 24.0 Å². The maximum Gasteiger partial charge on any atom is 0.437 e. The van der Waals surface area contributed by atoms with E-state index in [1.54, 1.807) is 19.4 Å². The van der Waals surface area contributed by atoms with Gasteiger partial charge in [-0.2, -0.15) is 4.68 Å². The first-order valence-electron chi connectivity index (χ1n) is 11.0. The van der Waals surface area contributed by atoms with Crippen LogP contribution < -0.4 is 5.76 Å². The fourth-order valence-electron chi connectivity index (χ4n) is 4.48. The van der Waals surface area contributed by atoms with E-state index in [9.17, 15) is 9.59 Å². The van der Waals surface area contributed by atoms with E-state index < -0.39 is 5.76 Å². The molecule has 33 heavy (non-hydrogen) atoms. The summed E-state index contributed by atoms with van der Waals surface area (Å²) in [4.78, 5) is 33.7. The quantitative estimate of drug-likeness (QED) is 0.470. The summed E-state index contributed by atoms with van der Waals surface area (Å²) in [5.74, 6) is 0.0133. The molecule has 0 spiro atoms. The number of fused-ring (bicyclic) bond motifs is 1. The van der Waals surface area contributed by atoms with Gasteiger partial charge < -0.3 is 4.42 Å². The average molecular weight is 441 g/mol. The molecule has 1 aliphatic rings. The molecule has 4 aromatic rings. The summed E-state index contributed by atoms with van der Waals surface area (Å²) >= 11 is 0. The minimum Gasteiger partial charge on any atom is -0.388 e. The number of nitrogens with zero attached hydrogens (tertiary/aromatic N) is 4. The van der Waals surface area contributed by atoms with Gasteiger partial charge in [0.25, 0.3) is 0 Å². The molecule has 0 aliphatic heterocycles. The Balaban J connectivity index is 1.33. The molecule has 0 bridgehead atoms. The molecule has 1 aliphatic carbocycles. The fourth-order valence-corrected chi connectivity index (χ4v) is 4.48. The molecule has 7 heteroatoms. The van der Waals surface area contributed by atoms with Crippen LogP contribution in [-0.4, -0.2) is 25.5 Å². The second kappa shape index (κ2) is 8.58. The number of aryl methyl sites for hydroxylation is 2. The number of carbonyl (C=O) groups is 1. The predicted octanol–water partition coefficient (Wildman–Crippen LogP) is 3.72. The van der Waals surface area contributed by atoms with Crippen molar-refractivity contribution < 1.29 is 9.21 Å². The van der Waals surface area contributed by atoms with Gasteiger partial charge in [-0.25, -0.2) is 4.79 Å². The molecule has 0 fully saturated rings. The lowest BCUT2D eigenvalue weighted by molar-refractivity contribution is -0.122. The van der Waals surface area contributed by atoms with E-state index in [1.165, 1.54) is 11.1 Å². The normalized spacial score (nSPS) is 15.3. The minimum absolute atomic E-state index is 0.0355. The summed E-state index contributed by atoms with van der Waals surface area (Å²) in [6, 6.07) is 14.0. The van der Waals surface area contributed by atoms with E-state index >= 15 is 0 Å². The van der Waals surface area contributed by atoms with Gasteiger partial charge in [0, 0.05) is 30.3 Å². The second-order valence-corrected chi connectivity index (χ2v) is 8.52. The van der Waals surface area contributed by atoms with Crippen molar-refractivity contribution in [2.75, 3.05) is 0 Å². The topological polar surface area (TPSA) is 90.9 Å². The summed E-state index contributed by atoms with van der Waals surface area (Å²) in [5.41, 5.74) is 6.48. The number of rotatable bonds is 5. The van der Waals surface area contributed by atoms with Gasteiger partial charge in [-0.05, 0) is 48.9 Å². The summed E-state index contributed by atoms with van der Waals surface area (Å²) < 4.78 is 6.40. The van der Waals surface area contributed by atoms with Gasteiger partial charge in [-0.1, -0.05) is 36.4 Å². The summed E-state index contributed by atoms with van der Waals surface area (Å²) in [6.45, 7) is 1.93. The molecule has 7 nitrogen and oxygen atoms in total. The number of ketones is 1. The van der Waals surface area contributed by atoms with Gasteiger partial charge >= 0.3 is 5.76 Å². The van der Waals surface area contributed by atoms with Gasteiger partial charge in [0.1, 0.15) is 5.78 Å². The fraction of sp³-hybridized carbons (Fsp3) is 0.269. The molecule has 0 N–H and O–H groups in total. The number of aromatic nitrogens is 4. The molecular formula is C26H24N4O3. The van der Waals surface area contributed by atoms with E-state index in [4.69, 9.17) is 4.42 Å². The second-order valence-electron chi connectivity index (χ2n) is 8.52. The molecule has 2 aromatic carbocycles. The summed E-state index contributed by atoms with van der Waals surface area (Å²) in [6.07, 6.45) is 6.30. The molecular weight excluding hydrogens is 416 g/mol. The maximum atomic E-state index is 12.9. The van der Waals surface area contributed by atoms with E-state index in [0.29, 0.717) is 11.4 Å². The number of Topliss-reactive ketones (excluding diaryl/α,β-unsaturated/α-hetero) is 1. The van der Waals surface area contributed by atoms with Crippen molar-refractivity contribution >= 4 is 5.78 Å². The van der Waals surface area contributed by atoms with Crippen LogP contribution in [0, 0.1) is 12.8 Å². The maximum absolute atomic E-state index is 12.9. The minimum atomic E-state index is -0.509. The third kappa shape index (κ3) is 4.14. The summed E-state index contributed by atoms with van der Waals surface area (Å²) in [7, 11) is 1.55. The van der Waals surface area contributed by atoms with Gasteiger partial charge in [-0.15, -0.1) is 5.10 Å². The largest absolute Gasteiger partial charge is 0.437 e. The number of hydrogen-bond acceptors (Lipinski definition) is 6. The van der Waals surface area contributed by atoms with Crippen LogP contribution in [0.4, 0.5) is 0 Å². The molecule has 2 aromatic heterocycles. The molecule has 0 amide bonds. The molecule has 0 saturated heterocycles. The van der Waals surface area contributed by atoms with Crippen LogP contribution in [0.2, 0.25) is 0 Å². The predicted molar refractivity (Wildman–Crippen MR) is 124 cm³/mol. The van der Waals surface area contributed by atoms with Crippen LogP contribution in [0.25, 0.3) is 22.7 Å². The van der Waals surface area contributed by atoms with Gasteiger partial charge in [0.15, 0.2) is 0 Å². The lowest BCUT2D eigenvalue weighted by atomic mass is 9.81. The van der Waals surface area contributed by atoms with Crippen LogP contribution in [-0.2, 0) is 31.1 Å². The zero-order valence-electron chi connectivity index (χ0n) is 18.6. The van der Waals surface area contributed by atoms with Crippen LogP contribution in [0.1, 0.15) is 28.8 Å². The number of hydrogen-bond donors (Lipinski definition) is 0. The van der Waals surface area contributed by atoms with Crippen LogP contribution >= 0.6 is 0 Å². The van der Waals surface area contributed by atoms with E-state index in [-0.39, 0.29) is 24.0 Å². The molecule has 0 saturated carbocycles. The van der Waals surface area contributed by atoms with Gasteiger partial charge in [0.2, 0.25) is 5.89 Å². The Labute approximate surface area is 191 Å². The van der Waals surface area contributed by atoms with Crippen LogP contribution in [0.15, 0.2) is 64.1 Å². The van der Waals surface area contributed by atoms with Gasteiger partial charge in [-0.3, -0.25) is 14.8 Å². The van der Waals surface area contributed by atoms with Crippen molar-refractivity contribution in [3.05, 3.63) is 87.8 Å². The van der Waals surface area contributed by atoms with Crippen molar-refractivity contribution in [1.29, 1.82) is 0 Å². The highest BCUT2D eigenvalue weighted by atomic mass is 16.4. The first-order valence-corrected chi connectivity index (χ1v) is 11.0. The Kier molecular flexibility index (Phi) is 5.46. The standard InChI is InChI=1S/C26H24N4O3/c1-16-21(8-5-9-22(16)25-29-30(2)26(32)33-25)23-15-27-20(14-28-23)13-24(31)19-11-10-17-6-3-4-7-18(17)12-19/h3-9,14-15,19H,10-13H2,1-2H3. The van der Waals surface area contributed by atoms with Crippen molar-refractivity contribution in [1.82, 2.24) is 19.7 Å². The first kappa shape index (κ1) is 21.0. The van der Waals surface area contributed by atoms with Crippen LogP contribution in [0.5, 0.6) is 0 Å². The Morgan fingerprint density at radius 2 is 1.85 bits per heavy atom. The number of carbonyl (C=O) groups excluding carboxylic acids is 1. The van der Waals surface area contributed by atoms with Crippen molar-refractivity contribution in [3.63, 3.8) is 0 Å². The van der Waals surface area contributed by atoms with E-state index in [1.807, 2.05) is 31.2 Å². The van der Waals surface area contributed by atoms with E-state index in [2.05, 4.69) is 33.3 Å². The molecule has 1 unspecified atom stereocenters. The Bertz CT molecular complexity index is 1390. The first-order chi connectivity index (χ1) is 16.0. The lowest BCUT2D eigenvalue weighted by Crippen LogP contribution is -2.24. The molecule has 166 valence electrons. The molecule has 5 rings (SSSR count). The van der Waals surface area contributed by atoms with Crippen molar-refractivity contribution in [3.8, 4) is 22.7 Å². The smallest absolute Gasteiger partial charge is 0.388 e. The Morgan fingerprint density at radius 1 is 1.06 bits per heavy atom. The highest BCUT2D eigenvalue weighted by Crippen LogP contribution is 2.30. The number of benzene rings is 2.